The van der Waals surface area contributed by atoms with E-state index in [9.17, 15) is 20.4 Å². The van der Waals surface area contributed by atoms with Gasteiger partial charge in [-0.1, -0.05) is 59.8 Å². The number of aliphatic hydroxyl groups is 4. The molecule has 3 aliphatic heterocycles. The molecule has 0 aromatic heterocycles. The molecule has 0 aromatic carbocycles. The Morgan fingerprint density at radius 1 is 0.881 bits per heavy atom. The van der Waals surface area contributed by atoms with Crippen molar-refractivity contribution in [1.29, 1.82) is 0 Å². The van der Waals surface area contributed by atoms with Crippen LogP contribution in [0.25, 0.3) is 0 Å². The van der Waals surface area contributed by atoms with Gasteiger partial charge in [-0.05, 0) is 73.7 Å². The molecular weight excluding hydrogens is 536 g/mol. The Morgan fingerprint density at radius 2 is 1.64 bits per heavy atom. The molecule has 3 saturated carbocycles. The lowest BCUT2D eigenvalue weighted by Gasteiger charge is -2.69. The molecule has 5 fully saturated rings. The number of rotatable bonds is 7. The second-order valence-electron chi connectivity index (χ2n) is 15.5. The fourth-order valence-electron chi connectivity index (χ4n) is 10.2. The highest BCUT2D eigenvalue weighted by molar-refractivity contribution is 5.33. The number of fused-ring (bicyclic) bond motifs is 2. The van der Waals surface area contributed by atoms with E-state index in [1.807, 2.05) is 0 Å². The van der Waals surface area contributed by atoms with Crippen molar-refractivity contribution in [2.24, 2.45) is 46.3 Å². The summed E-state index contributed by atoms with van der Waals surface area (Å²) in [5, 5.41) is 40.6. The Morgan fingerprint density at radius 3 is 2.31 bits per heavy atom. The van der Waals surface area contributed by atoms with Gasteiger partial charge in [0.1, 0.15) is 35.6 Å². The van der Waals surface area contributed by atoms with E-state index in [0.29, 0.717) is 41.9 Å². The van der Waals surface area contributed by atoms with Crippen LogP contribution in [0, 0.1) is 46.3 Å². The van der Waals surface area contributed by atoms with Crippen LogP contribution in [0.5, 0.6) is 0 Å². The van der Waals surface area contributed by atoms with Gasteiger partial charge in [-0.2, -0.15) is 0 Å². The predicted octanol–water partition coefficient (Wildman–Crippen LogP) is 4.30. The highest BCUT2D eigenvalue weighted by Gasteiger charge is 2.74. The summed E-state index contributed by atoms with van der Waals surface area (Å²) in [4.78, 5) is 13.1. The molecule has 0 amide bonds. The average Bonchev–Trinajstić information content (AvgIpc) is 3.33. The summed E-state index contributed by atoms with van der Waals surface area (Å²) in [6.07, 6.45) is 9.63. The monoisotopic (exact) mass is 590 g/mol. The molecule has 4 aliphatic carbocycles. The van der Waals surface area contributed by atoms with Crippen LogP contribution in [0.4, 0.5) is 0 Å². The van der Waals surface area contributed by atoms with Crippen molar-refractivity contribution in [3.63, 3.8) is 0 Å². The smallest absolute Gasteiger partial charge is 0.186 e. The molecule has 42 heavy (non-hydrogen) atoms. The van der Waals surface area contributed by atoms with E-state index in [2.05, 4.69) is 65.8 Å². The fourth-order valence-corrected chi connectivity index (χ4v) is 10.2. The van der Waals surface area contributed by atoms with Crippen LogP contribution in [-0.4, -0.2) is 75.0 Å². The van der Waals surface area contributed by atoms with Gasteiger partial charge in [0.25, 0.3) is 0 Å². The molecule has 8 nitrogen and oxygen atoms in total. The van der Waals surface area contributed by atoms with E-state index >= 15 is 0 Å². The first-order chi connectivity index (χ1) is 19.8. The molecule has 2 spiro atoms. The van der Waals surface area contributed by atoms with Crippen molar-refractivity contribution in [1.82, 2.24) is 0 Å². The third-order valence-corrected chi connectivity index (χ3v) is 13.3. The van der Waals surface area contributed by atoms with Crippen molar-refractivity contribution >= 4 is 0 Å². The van der Waals surface area contributed by atoms with E-state index in [0.717, 1.165) is 25.7 Å². The van der Waals surface area contributed by atoms with Gasteiger partial charge < -0.3 is 29.9 Å². The predicted molar refractivity (Wildman–Crippen MR) is 157 cm³/mol. The molecular formula is C34H54O8. The first-order valence-electron chi connectivity index (χ1n) is 16.5. The van der Waals surface area contributed by atoms with Crippen LogP contribution < -0.4 is 0 Å². The lowest BCUT2D eigenvalue weighted by Crippen LogP contribution is -2.73. The standard InChI is InChI=1S/C34H54O8/c1-19(2)20(3)7-8-21(4)23-9-10-25-31(23,5)13-12-26-32(6)14-11-22(17-33(32)15-16-34(25,26)42-41-33)39-30-29(38)28(37)27(36)24(18-35)40-30/h7-8,15-16,19-30,35-38H,9-14,17-18H2,1-6H3/b8-7+/t20-,21+,22-,23+,24+,25+,26+,27+,28-,29+,30+,31+,32+,33+,34+/m0/s1. The Kier molecular flexibility index (Phi) is 8.09. The zero-order chi connectivity index (χ0) is 30.2. The third kappa shape index (κ3) is 4.45. The van der Waals surface area contributed by atoms with E-state index in [1.165, 1.54) is 12.8 Å². The average molecular weight is 591 g/mol. The maximum Gasteiger partial charge on any atom is 0.186 e. The molecule has 238 valence electrons. The van der Waals surface area contributed by atoms with Crippen LogP contribution in [0.1, 0.15) is 86.5 Å². The van der Waals surface area contributed by atoms with Crippen molar-refractivity contribution in [2.75, 3.05) is 6.61 Å². The number of hydrogen-bond acceptors (Lipinski definition) is 8. The lowest BCUT2D eigenvalue weighted by molar-refractivity contribution is -0.499. The Hall–Kier alpha value is -0.840. The molecule has 0 aromatic rings. The molecule has 3 heterocycles. The van der Waals surface area contributed by atoms with Crippen molar-refractivity contribution in [3.05, 3.63) is 24.3 Å². The molecule has 7 rings (SSSR count). The van der Waals surface area contributed by atoms with Gasteiger partial charge in [0.2, 0.25) is 0 Å². The van der Waals surface area contributed by atoms with Gasteiger partial charge in [0.15, 0.2) is 6.29 Å². The summed E-state index contributed by atoms with van der Waals surface area (Å²) in [6, 6.07) is 0. The van der Waals surface area contributed by atoms with E-state index < -0.39 is 48.5 Å². The minimum atomic E-state index is -1.46. The van der Waals surface area contributed by atoms with Gasteiger partial charge in [0, 0.05) is 23.7 Å². The van der Waals surface area contributed by atoms with Crippen molar-refractivity contribution < 1.29 is 39.7 Å². The summed E-state index contributed by atoms with van der Waals surface area (Å²) in [6.45, 7) is 13.7. The van der Waals surface area contributed by atoms with Gasteiger partial charge in [-0.25, -0.2) is 9.78 Å². The topological polar surface area (TPSA) is 118 Å². The molecule has 8 heteroatoms. The fraction of sp³-hybridized carbons (Fsp3) is 0.882. The molecule has 7 aliphatic rings. The van der Waals surface area contributed by atoms with Crippen molar-refractivity contribution in [3.8, 4) is 0 Å². The largest absolute Gasteiger partial charge is 0.394 e. The lowest BCUT2D eigenvalue weighted by atomic mass is 9.42. The van der Waals surface area contributed by atoms with E-state index in [4.69, 9.17) is 19.2 Å². The summed E-state index contributed by atoms with van der Waals surface area (Å²) in [5.41, 5.74) is -0.998. The normalized spacial score (nSPS) is 53.2. The zero-order valence-corrected chi connectivity index (χ0v) is 26.3. The number of allylic oxidation sites excluding steroid dienone is 2. The van der Waals surface area contributed by atoms with Crippen LogP contribution >= 0.6 is 0 Å². The summed E-state index contributed by atoms with van der Waals surface area (Å²) >= 11 is 0. The zero-order valence-electron chi connectivity index (χ0n) is 26.3. The van der Waals surface area contributed by atoms with Gasteiger partial charge >= 0.3 is 0 Å². The Balaban J connectivity index is 1.21. The molecule has 2 saturated heterocycles. The van der Waals surface area contributed by atoms with Crippen molar-refractivity contribution in [2.45, 2.75) is 135 Å². The number of ether oxygens (including phenoxy) is 2. The van der Waals surface area contributed by atoms with Gasteiger partial charge in [-0.3, -0.25) is 0 Å². The van der Waals surface area contributed by atoms with Crippen LogP contribution in [0.3, 0.4) is 0 Å². The summed E-state index contributed by atoms with van der Waals surface area (Å²) in [5.74, 6) is 3.12. The maximum atomic E-state index is 10.6. The summed E-state index contributed by atoms with van der Waals surface area (Å²) < 4.78 is 11.9. The Labute approximate surface area is 251 Å². The number of aliphatic hydroxyl groups excluding tert-OH is 4. The second kappa shape index (κ2) is 10.9. The molecule has 2 bridgehead atoms. The molecule has 0 radical (unpaired) electrons. The second-order valence-corrected chi connectivity index (χ2v) is 15.5. The number of hydrogen-bond donors (Lipinski definition) is 4. The Bertz CT molecular complexity index is 1060. The highest BCUT2D eigenvalue weighted by atomic mass is 17.2. The maximum absolute atomic E-state index is 10.6. The van der Waals surface area contributed by atoms with E-state index in [1.54, 1.807) is 0 Å². The molecule has 15 atom stereocenters. The molecule has 4 N–H and O–H groups in total. The van der Waals surface area contributed by atoms with Gasteiger partial charge in [-0.15, -0.1) is 0 Å². The SMILES string of the molecule is CC(C)[C@@H](C)/C=C/[C@@H](C)[C@H]1CC[C@@H]2[C@]1(C)CC[C@H]1[C@@]23C=C[C@]2(C[C@@H](O[C@@H]4O[C@H](CO)[C@@H](O)[C@H](O)[C@H]4O)CC[C@]12C)OO3. The first-order valence-corrected chi connectivity index (χ1v) is 16.5. The van der Waals surface area contributed by atoms with Gasteiger partial charge in [0.05, 0.1) is 12.7 Å². The van der Waals surface area contributed by atoms with Crippen LogP contribution in [-0.2, 0) is 19.2 Å². The molecule has 0 unspecified atom stereocenters. The summed E-state index contributed by atoms with van der Waals surface area (Å²) in [7, 11) is 0. The van der Waals surface area contributed by atoms with E-state index in [-0.39, 0.29) is 16.9 Å². The highest BCUT2D eigenvalue weighted by Crippen LogP contribution is 2.73. The van der Waals surface area contributed by atoms with Crippen LogP contribution in [0.2, 0.25) is 0 Å². The first kappa shape index (κ1) is 31.2. The minimum Gasteiger partial charge on any atom is -0.394 e. The third-order valence-electron chi connectivity index (χ3n) is 13.3. The van der Waals surface area contributed by atoms with Crippen LogP contribution in [0.15, 0.2) is 24.3 Å². The minimum absolute atomic E-state index is 0.118. The quantitative estimate of drug-likeness (QED) is 0.256.